The molecule has 0 atom stereocenters. The summed E-state index contributed by atoms with van der Waals surface area (Å²) in [5.41, 5.74) is 3.03. The quantitative estimate of drug-likeness (QED) is 0.575. The number of carbonyl (C=O) groups is 1. The van der Waals surface area contributed by atoms with Gasteiger partial charge in [-0.05, 0) is 55.3 Å². The van der Waals surface area contributed by atoms with Crippen LogP contribution in [0.4, 0.5) is 10.1 Å². The Kier molecular flexibility index (Phi) is 4.63. The van der Waals surface area contributed by atoms with Gasteiger partial charge in [0.2, 0.25) is 5.91 Å². The summed E-state index contributed by atoms with van der Waals surface area (Å²) in [6.45, 7) is 3.65. The molecule has 0 radical (unpaired) electrons. The van der Waals surface area contributed by atoms with Gasteiger partial charge in [0.15, 0.2) is 11.2 Å². The number of benzene rings is 2. The van der Waals surface area contributed by atoms with Gasteiger partial charge in [-0.25, -0.2) is 9.37 Å². The predicted molar refractivity (Wildman–Crippen MR) is 105 cm³/mol. The van der Waals surface area contributed by atoms with Crippen LogP contribution >= 0.6 is 0 Å². The highest BCUT2D eigenvalue weighted by molar-refractivity contribution is 5.90. The van der Waals surface area contributed by atoms with E-state index in [-0.39, 0.29) is 12.1 Å². The molecule has 8 nitrogen and oxygen atoms in total. The molecule has 0 aliphatic carbocycles. The lowest BCUT2D eigenvalue weighted by Gasteiger charge is -2.08. The van der Waals surface area contributed by atoms with Crippen molar-refractivity contribution in [2.45, 2.75) is 20.4 Å². The minimum Gasteiger partial charge on any atom is -0.324 e. The zero-order valence-corrected chi connectivity index (χ0v) is 15.8. The topological polar surface area (TPSA) is 94.7 Å². The lowest BCUT2D eigenvalue weighted by Crippen LogP contribution is -2.28. The van der Waals surface area contributed by atoms with E-state index in [0.29, 0.717) is 11.3 Å². The average Bonchev–Trinajstić information content (AvgIpc) is 3.08. The van der Waals surface area contributed by atoms with Crippen LogP contribution in [0.25, 0.3) is 16.9 Å². The van der Waals surface area contributed by atoms with Gasteiger partial charge in [0, 0.05) is 5.69 Å². The van der Waals surface area contributed by atoms with Gasteiger partial charge in [0.25, 0.3) is 5.56 Å². The van der Waals surface area contributed by atoms with Crippen LogP contribution in [0.15, 0.2) is 53.6 Å². The first-order valence-corrected chi connectivity index (χ1v) is 8.85. The number of aromatic nitrogens is 5. The Morgan fingerprint density at radius 3 is 2.62 bits per heavy atom. The molecule has 9 heteroatoms. The number of fused-ring (bicyclic) bond motifs is 1. The molecule has 0 saturated heterocycles. The monoisotopic (exact) mass is 392 g/mol. The van der Waals surface area contributed by atoms with Gasteiger partial charge in [-0.1, -0.05) is 17.3 Å². The van der Waals surface area contributed by atoms with Crippen molar-refractivity contribution >= 4 is 22.8 Å². The summed E-state index contributed by atoms with van der Waals surface area (Å²) in [5.74, 6) is -0.952. The van der Waals surface area contributed by atoms with Crippen LogP contribution in [0.2, 0.25) is 0 Å². The highest BCUT2D eigenvalue weighted by atomic mass is 19.1. The maximum atomic E-state index is 13.2. The lowest BCUT2D eigenvalue weighted by atomic mass is 10.1. The van der Waals surface area contributed by atoms with E-state index in [1.165, 1.54) is 29.2 Å². The van der Waals surface area contributed by atoms with Crippen molar-refractivity contribution in [2.75, 3.05) is 5.32 Å². The molecule has 2 aromatic heterocycles. The van der Waals surface area contributed by atoms with Gasteiger partial charge >= 0.3 is 0 Å². The summed E-state index contributed by atoms with van der Waals surface area (Å²) in [6.07, 6.45) is 1.28. The van der Waals surface area contributed by atoms with Crippen LogP contribution in [0.1, 0.15) is 11.1 Å². The Morgan fingerprint density at radius 1 is 1.14 bits per heavy atom. The fourth-order valence-corrected chi connectivity index (χ4v) is 3.12. The molecule has 1 amide bonds. The number of rotatable bonds is 4. The Balaban J connectivity index is 1.63. The second-order valence-electron chi connectivity index (χ2n) is 6.76. The number of hydrogen-bond donors (Lipinski definition) is 1. The molecule has 0 spiro atoms. The molecule has 0 aliphatic rings. The first kappa shape index (κ1) is 18.5. The molecule has 0 fully saturated rings. The van der Waals surface area contributed by atoms with Crippen LogP contribution in [-0.4, -0.2) is 30.5 Å². The molecule has 0 aliphatic heterocycles. The third-order valence-corrected chi connectivity index (χ3v) is 4.30. The minimum atomic E-state index is -0.486. The van der Waals surface area contributed by atoms with Crippen LogP contribution in [0.3, 0.4) is 0 Å². The van der Waals surface area contributed by atoms with Gasteiger partial charge in [0.1, 0.15) is 18.7 Å². The maximum Gasteiger partial charge on any atom is 0.284 e. The molecule has 4 rings (SSSR count). The number of aryl methyl sites for hydroxylation is 2. The summed E-state index contributed by atoms with van der Waals surface area (Å²) >= 11 is 0. The molecule has 4 aromatic rings. The molecular weight excluding hydrogens is 375 g/mol. The van der Waals surface area contributed by atoms with E-state index in [2.05, 4.69) is 20.6 Å². The Labute approximate surface area is 164 Å². The number of anilines is 1. The third kappa shape index (κ3) is 3.75. The van der Waals surface area contributed by atoms with Gasteiger partial charge in [-0.15, -0.1) is 5.10 Å². The normalized spacial score (nSPS) is 11.0. The number of carbonyl (C=O) groups excluding carboxylic acids is 1. The number of hydrogen-bond acceptors (Lipinski definition) is 5. The van der Waals surface area contributed by atoms with Crippen molar-refractivity contribution in [1.29, 1.82) is 0 Å². The number of amides is 1. The predicted octanol–water partition coefficient (Wildman–Crippen LogP) is 2.37. The molecule has 2 aromatic carbocycles. The minimum absolute atomic E-state index is 0.0604. The Hall–Kier alpha value is -3.88. The summed E-state index contributed by atoms with van der Waals surface area (Å²) < 4.78 is 15.9. The van der Waals surface area contributed by atoms with Crippen molar-refractivity contribution in [3.63, 3.8) is 0 Å². The maximum absolute atomic E-state index is 13.2. The Morgan fingerprint density at radius 2 is 1.90 bits per heavy atom. The van der Waals surface area contributed by atoms with Crippen LogP contribution in [0, 0.1) is 19.7 Å². The highest BCUT2D eigenvalue weighted by Crippen LogP contribution is 2.16. The molecule has 29 heavy (non-hydrogen) atoms. The van der Waals surface area contributed by atoms with Crippen molar-refractivity contribution in [2.24, 2.45) is 0 Å². The van der Waals surface area contributed by atoms with E-state index >= 15 is 0 Å². The standard InChI is InChI=1S/C20H17FN6O2/c1-12-6-13(2)8-16(7-12)27-19-18(24-25-27)20(29)26(11-22-19)10-17(28)23-15-5-3-4-14(21)9-15/h3-9,11H,10H2,1-2H3,(H,23,28). The molecule has 0 saturated carbocycles. The summed E-state index contributed by atoms with van der Waals surface area (Å²) in [6, 6.07) is 11.4. The van der Waals surface area contributed by atoms with E-state index in [1.54, 1.807) is 6.07 Å². The summed E-state index contributed by atoms with van der Waals surface area (Å²) in [5, 5.41) is 10.6. The van der Waals surface area contributed by atoms with Crippen molar-refractivity contribution in [3.05, 3.63) is 76.1 Å². The van der Waals surface area contributed by atoms with E-state index < -0.39 is 17.3 Å². The zero-order valence-electron chi connectivity index (χ0n) is 15.8. The smallest absolute Gasteiger partial charge is 0.284 e. The summed E-state index contributed by atoms with van der Waals surface area (Å²) in [7, 11) is 0. The largest absolute Gasteiger partial charge is 0.324 e. The van der Waals surface area contributed by atoms with E-state index in [0.717, 1.165) is 21.4 Å². The number of nitrogens with one attached hydrogen (secondary N) is 1. The number of halogens is 1. The molecule has 0 unspecified atom stereocenters. The first-order chi connectivity index (χ1) is 13.9. The van der Waals surface area contributed by atoms with Gasteiger partial charge < -0.3 is 5.32 Å². The van der Waals surface area contributed by atoms with Crippen LogP contribution < -0.4 is 10.9 Å². The molecule has 2 heterocycles. The van der Waals surface area contributed by atoms with Gasteiger partial charge in [0.05, 0.1) is 5.69 Å². The van der Waals surface area contributed by atoms with Crippen LogP contribution in [-0.2, 0) is 11.3 Å². The second-order valence-corrected chi connectivity index (χ2v) is 6.76. The third-order valence-electron chi connectivity index (χ3n) is 4.30. The van der Waals surface area contributed by atoms with Crippen molar-refractivity contribution in [3.8, 4) is 5.69 Å². The van der Waals surface area contributed by atoms with Crippen molar-refractivity contribution in [1.82, 2.24) is 24.5 Å². The number of nitrogens with zero attached hydrogens (tertiary/aromatic N) is 5. The molecule has 0 bridgehead atoms. The van der Waals surface area contributed by atoms with Crippen LogP contribution in [0.5, 0.6) is 0 Å². The van der Waals surface area contributed by atoms with E-state index in [4.69, 9.17) is 0 Å². The van der Waals surface area contributed by atoms with Gasteiger partial charge in [-0.2, -0.15) is 4.68 Å². The van der Waals surface area contributed by atoms with E-state index in [9.17, 15) is 14.0 Å². The van der Waals surface area contributed by atoms with Crippen molar-refractivity contribution < 1.29 is 9.18 Å². The molecule has 146 valence electrons. The average molecular weight is 392 g/mol. The summed E-state index contributed by atoms with van der Waals surface area (Å²) in [4.78, 5) is 29.2. The molecule has 1 N–H and O–H groups in total. The Bertz CT molecular complexity index is 1270. The lowest BCUT2D eigenvalue weighted by molar-refractivity contribution is -0.116. The first-order valence-electron chi connectivity index (χ1n) is 8.85. The molecular formula is C20H17FN6O2. The highest BCUT2D eigenvalue weighted by Gasteiger charge is 2.15. The SMILES string of the molecule is Cc1cc(C)cc(-n2nnc3c(=O)n(CC(=O)Nc4cccc(F)c4)cnc32)c1. The second kappa shape index (κ2) is 7.27. The zero-order chi connectivity index (χ0) is 20.5. The van der Waals surface area contributed by atoms with Gasteiger partial charge in [-0.3, -0.25) is 14.2 Å². The van der Waals surface area contributed by atoms with E-state index in [1.807, 2.05) is 32.0 Å². The fraction of sp³-hybridized carbons (Fsp3) is 0.150. The fourth-order valence-electron chi connectivity index (χ4n) is 3.12.